The average molecular weight is 716 g/mol. The fraction of sp³-hybridized carbons (Fsp3) is 0.457. The van der Waals surface area contributed by atoms with Gasteiger partial charge in [0.15, 0.2) is 0 Å². The second-order valence-corrected chi connectivity index (χ2v) is 15.1. The predicted octanol–water partition coefficient (Wildman–Crippen LogP) is 4.72. The zero-order valence-corrected chi connectivity index (χ0v) is 29.1. The maximum absolute atomic E-state index is 13.8. The van der Waals surface area contributed by atoms with E-state index in [2.05, 4.69) is 22.0 Å². The highest BCUT2D eigenvalue weighted by atomic mass is 35.5. The normalized spacial score (nSPS) is 25.6. The number of rotatable bonds is 10. The monoisotopic (exact) mass is 714 g/mol. The van der Waals surface area contributed by atoms with Gasteiger partial charge in [-0.25, -0.2) is 9.59 Å². The lowest BCUT2D eigenvalue weighted by molar-refractivity contribution is -0.133. The molecule has 0 aromatic heterocycles. The van der Waals surface area contributed by atoms with E-state index in [4.69, 9.17) is 23.2 Å². The predicted molar refractivity (Wildman–Crippen MR) is 184 cm³/mol. The van der Waals surface area contributed by atoms with Crippen LogP contribution in [0.1, 0.15) is 50.5 Å². The van der Waals surface area contributed by atoms with Crippen LogP contribution in [0, 0.1) is 0 Å². The van der Waals surface area contributed by atoms with Crippen LogP contribution in [0.15, 0.2) is 76.0 Å². The molecule has 0 spiro atoms. The highest BCUT2D eigenvalue weighted by Gasteiger charge is 2.43. The molecule has 0 saturated carbocycles. The van der Waals surface area contributed by atoms with Gasteiger partial charge >= 0.3 is 11.9 Å². The molecule has 4 unspecified atom stereocenters. The van der Waals surface area contributed by atoms with E-state index in [1.807, 2.05) is 0 Å². The van der Waals surface area contributed by atoms with Crippen LogP contribution in [0.4, 0.5) is 0 Å². The number of carboxylic acids is 2. The molecule has 256 valence electrons. The number of hydrogen-bond donors (Lipinski definition) is 3. The first-order chi connectivity index (χ1) is 23.1. The third-order valence-electron chi connectivity index (χ3n) is 10.3. The standard InChI is InChI=1S/C35H40Cl2N4O6S/c1-2-41-21-11-12-22(41)18-23(17-21)39-13-15-40(16-14-39)29(42)19-27-31(34(43)44)33(30-25(36)9-6-10-26(30)37)32(35(45)46)28(38-27)20-48(47)24-7-4-3-5-8-24/h3-10,21-23,33,38H,2,11-20H2,1H3,(H,43,44)(H,45,46). The number of carbonyl (C=O) groups is 3. The average Bonchev–Trinajstić information content (AvgIpc) is 3.31. The molecule has 1 amide bonds. The van der Waals surface area contributed by atoms with Crippen molar-refractivity contribution >= 4 is 51.8 Å². The van der Waals surface area contributed by atoms with Crippen molar-refractivity contribution in [2.45, 2.75) is 68.0 Å². The van der Waals surface area contributed by atoms with Crippen molar-refractivity contribution in [2.75, 3.05) is 38.5 Å². The number of amides is 1. The van der Waals surface area contributed by atoms with E-state index < -0.39 is 28.7 Å². The second-order valence-electron chi connectivity index (χ2n) is 12.8. The van der Waals surface area contributed by atoms with Crippen molar-refractivity contribution < 1.29 is 28.8 Å². The largest absolute Gasteiger partial charge is 0.478 e. The zero-order chi connectivity index (χ0) is 34.1. The van der Waals surface area contributed by atoms with Gasteiger partial charge in [-0.3, -0.25) is 18.8 Å². The molecule has 6 rings (SSSR count). The summed E-state index contributed by atoms with van der Waals surface area (Å²) in [5.41, 5.74) is -0.496. The van der Waals surface area contributed by atoms with Gasteiger partial charge in [0.05, 0.1) is 40.0 Å². The molecule has 4 aliphatic heterocycles. The van der Waals surface area contributed by atoms with Gasteiger partial charge in [0.25, 0.3) is 0 Å². The van der Waals surface area contributed by atoms with Crippen molar-refractivity contribution in [3.05, 3.63) is 86.7 Å². The summed E-state index contributed by atoms with van der Waals surface area (Å²) >= 11 is 13.1. The molecule has 4 heterocycles. The number of dihydropyridines is 1. The highest BCUT2D eigenvalue weighted by molar-refractivity contribution is 7.85. The van der Waals surface area contributed by atoms with Gasteiger partial charge in [0.1, 0.15) is 0 Å². The number of nitrogens with one attached hydrogen (secondary N) is 1. The Kier molecular flexibility index (Phi) is 10.6. The molecule has 3 fully saturated rings. The smallest absolute Gasteiger partial charge is 0.334 e. The van der Waals surface area contributed by atoms with Crippen LogP contribution in [0.2, 0.25) is 10.0 Å². The molecule has 0 radical (unpaired) electrons. The van der Waals surface area contributed by atoms with E-state index >= 15 is 0 Å². The number of hydrogen-bond acceptors (Lipinski definition) is 7. The molecule has 3 saturated heterocycles. The van der Waals surface area contributed by atoms with Crippen molar-refractivity contribution in [3.63, 3.8) is 0 Å². The Morgan fingerprint density at radius 1 is 0.833 bits per heavy atom. The molecule has 48 heavy (non-hydrogen) atoms. The molecule has 3 N–H and O–H groups in total. The summed E-state index contributed by atoms with van der Waals surface area (Å²) in [5, 5.41) is 24.2. The number of benzene rings is 2. The quantitative estimate of drug-likeness (QED) is 0.320. The third-order valence-corrected chi connectivity index (χ3v) is 12.3. The Morgan fingerprint density at radius 2 is 1.42 bits per heavy atom. The molecule has 13 heteroatoms. The van der Waals surface area contributed by atoms with Crippen molar-refractivity contribution in [1.29, 1.82) is 0 Å². The number of carbonyl (C=O) groups excluding carboxylic acids is 1. The van der Waals surface area contributed by atoms with Crippen LogP contribution in [0.5, 0.6) is 0 Å². The number of piperazine rings is 1. The van der Waals surface area contributed by atoms with Crippen molar-refractivity contribution in [3.8, 4) is 0 Å². The van der Waals surface area contributed by atoms with Gasteiger partial charge in [-0.15, -0.1) is 0 Å². The Labute approximate surface area is 292 Å². The summed E-state index contributed by atoms with van der Waals surface area (Å²) < 4.78 is 13.5. The minimum Gasteiger partial charge on any atom is -0.478 e. The minimum absolute atomic E-state index is 0.0319. The summed E-state index contributed by atoms with van der Waals surface area (Å²) in [6.45, 7) is 5.82. The van der Waals surface area contributed by atoms with E-state index in [-0.39, 0.29) is 56.2 Å². The van der Waals surface area contributed by atoms with E-state index in [1.54, 1.807) is 41.3 Å². The van der Waals surface area contributed by atoms with Crippen LogP contribution in [-0.4, -0.2) is 104 Å². The fourth-order valence-electron chi connectivity index (χ4n) is 8.09. The molecule has 4 atom stereocenters. The molecule has 0 aliphatic carbocycles. The van der Waals surface area contributed by atoms with E-state index in [9.17, 15) is 28.8 Å². The first kappa shape index (κ1) is 34.6. The molecule has 10 nitrogen and oxygen atoms in total. The number of aliphatic carboxylic acids is 2. The van der Waals surface area contributed by atoms with Gasteiger partial charge in [0.2, 0.25) is 5.91 Å². The first-order valence-electron chi connectivity index (χ1n) is 16.4. The van der Waals surface area contributed by atoms with Crippen LogP contribution in [0.3, 0.4) is 0 Å². The zero-order valence-electron chi connectivity index (χ0n) is 26.7. The highest BCUT2D eigenvalue weighted by Crippen LogP contribution is 2.45. The van der Waals surface area contributed by atoms with Gasteiger partial charge in [-0.2, -0.15) is 0 Å². The minimum atomic E-state index is -1.69. The van der Waals surface area contributed by atoms with Crippen molar-refractivity contribution in [2.24, 2.45) is 0 Å². The number of carboxylic acid groups (broad SMARTS) is 2. The Hall–Kier alpha value is -3.22. The van der Waals surface area contributed by atoms with Gasteiger partial charge in [-0.1, -0.05) is 54.4 Å². The number of fused-ring (bicyclic) bond motifs is 2. The molecule has 4 aliphatic rings. The van der Waals surface area contributed by atoms with Gasteiger partial charge in [0, 0.05) is 76.2 Å². The Bertz CT molecular complexity index is 1640. The fourth-order valence-corrected chi connectivity index (χ4v) is 9.82. The first-order valence-corrected chi connectivity index (χ1v) is 18.5. The van der Waals surface area contributed by atoms with E-state index in [0.717, 1.165) is 32.5 Å². The van der Waals surface area contributed by atoms with Crippen LogP contribution in [-0.2, 0) is 25.2 Å². The van der Waals surface area contributed by atoms with Crippen LogP contribution < -0.4 is 5.32 Å². The maximum atomic E-state index is 13.8. The topological polar surface area (TPSA) is 130 Å². The Balaban J connectivity index is 1.27. The molecule has 2 aromatic rings. The lowest BCUT2D eigenvalue weighted by Crippen LogP contribution is -2.56. The lowest BCUT2D eigenvalue weighted by atomic mass is 9.79. The van der Waals surface area contributed by atoms with Crippen LogP contribution in [0.25, 0.3) is 0 Å². The number of nitrogens with zero attached hydrogens (tertiary/aromatic N) is 3. The maximum Gasteiger partial charge on any atom is 0.334 e. The van der Waals surface area contributed by atoms with Gasteiger partial charge in [-0.05, 0) is 56.5 Å². The summed E-state index contributed by atoms with van der Waals surface area (Å²) in [6.07, 6.45) is 4.48. The lowest BCUT2D eigenvalue weighted by Gasteiger charge is -2.45. The SMILES string of the molecule is CCN1C2CCC1CC(N1CCN(C(=O)CC3=C(C(=O)O)C(c4c(Cl)cccc4Cl)C(C(=O)O)=C(CS(=O)c4ccccc4)N3)CC1)C2. The second kappa shape index (κ2) is 14.7. The molecular weight excluding hydrogens is 675 g/mol. The summed E-state index contributed by atoms with van der Waals surface area (Å²) in [6, 6.07) is 14.9. The van der Waals surface area contributed by atoms with E-state index in [1.165, 1.54) is 25.0 Å². The number of halogens is 2. The van der Waals surface area contributed by atoms with Crippen LogP contribution >= 0.6 is 23.2 Å². The molecule has 2 bridgehead atoms. The number of piperidine rings is 1. The Morgan fingerprint density at radius 3 is 1.98 bits per heavy atom. The third kappa shape index (κ3) is 6.93. The van der Waals surface area contributed by atoms with Crippen molar-refractivity contribution in [1.82, 2.24) is 20.0 Å². The molecular formula is C35H40Cl2N4O6S. The van der Waals surface area contributed by atoms with E-state index in [0.29, 0.717) is 36.1 Å². The summed E-state index contributed by atoms with van der Waals surface area (Å²) in [7, 11) is -1.69. The van der Waals surface area contributed by atoms with Gasteiger partial charge < -0.3 is 20.4 Å². The molecule has 2 aromatic carbocycles. The summed E-state index contributed by atoms with van der Waals surface area (Å²) in [5.74, 6) is -4.78. The summed E-state index contributed by atoms with van der Waals surface area (Å²) in [4.78, 5) is 47.1.